The Bertz CT molecular complexity index is 1600. The van der Waals surface area contributed by atoms with E-state index in [1.54, 1.807) is 12.1 Å². The van der Waals surface area contributed by atoms with Crippen molar-refractivity contribution in [1.82, 2.24) is 14.8 Å². The molecule has 0 aliphatic heterocycles. The van der Waals surface area contributed by atoms with Gasteiger partial charge in [0.15, 0.2) is 5.69 Å². The molecule has 0 radical (unpaired) electrons. The second-order valence-corrected chi connectivity index (χ2v) is 8.48. The third-order valence-corrected chi connectivity index (χ3v) is 6.18. The van der Waals surface area contributed by atoms with Gasteiger partial charge in [0.05, 0.1) is 22.0 Å². The highest BCUT2D eigenvalue weighted by Crippen LogP contribution is 2.31. The van der Waals surface area contributed by atoms with Crippen LogP contribution in [0.5, 0.6) is 0 Å². The zero-order chi connectivity index (χ0) is 24.4. The second-order valence-electron chi connectivity index (χ2n) is 7.65. The minimum absolute atomic E-state index is 0.0500. The van der Waals surface area contributed by atoms with Crippen LogP contribution in [0.1, 0.15) is 5.56 Å². The maximum absolute atomic E-state index is 13.4. The number of rotatable bonds is 6. The standard InChI is InChI=1S/C25H18N6O3S/c1-16-7-5-6-10-20(16)27-28-23-22(18-11-13-19(14-12-18)31(33)34)29-30(24(23)32)25-26-21(15-35-25)17-8-3-2-4-9-17/h2-15,29H,1H3. The first-order valence-corrected chi connectivity index (χ1v) is 11.5. The van der Waals surface area contributed by atoms with Crippen molar-refractivity contribution in [3.05, 3.63) is 110 Å². The molecule has 35 heavy (non-hydrogen) atoms. The van der Waals surface area contributed by atoms with E-state index in [0.717, 1.165) is 16.8 Å². The maximum atomic E-state index is 13.4. The Morgan fingerprint density at radius 3 is 2.37 bits per heavy atom. The van der Waals surface area contributed by atoms with Crippen molar-refractivity contribution in [1.29, 1.82) is 0 Å². The molecule has 5 rings (SSSR count). The van der Waals surface area contributed by atoms with Crippen molar-refractivity contribution >= 4 is 28.4 Å². The van der Waals surface area contributed by atoms with Gasteiger partial charge in [-0.05, 0) is 30.7 Å². The Kier molecular flexibility index (Phi) is 5.86. The lowest BCUT2D eigenvalue weighted by molar-refractivity contribution is -0.384. The molecule has 0 saturated carbocycles. The summed E-state index contributed by atoms with van der Waals surface area (Å²) in [7, 11) is 0. The maximum Gasteiger partial charge on any atom is 0.301 e. The summed E-state index contributed by atoms with van der Waals surface area (Å²) in [5.41, 5.74) is 3.78. The summed E-state index contributed by atoms with van der Waals surface area (Å²) in [5, 5.41) is 25.0. The van der Waals surface area contributed by atoms with Gasteiger partial charge in [0, 0.05) is 28.6 Å². The molecule has 9 nitrogen and oxygen atoms in total. The molecule has 3 aromatic carbocycles. The van der Waals surface area contributed by atoms with E-state index in [0.29, 0.717) is 22.1 Å². The minimum atomic E-state index is -0.475. The highest BCUT2D eigenvalue weighted by Gasteiger charge is 2.20. The minimum Gasteiger partial charge on any atom is -0.286 e. The number of hydrogen-bond donors (Lipinski definition) is 1. The Morgan fingerprint density at radius 2 is 1.66 bits per heavy atom. The van der Waals surface area contributed by atoms with Crippen LogP contribution in [0.15, 0.2) is 99.3 Å². The van der Waals surface area contributed by atoms with E-state index in [1.807, 2.05) is 66.9 Å². The summed E-state index contributed by atoms with van der Waals surface area (Å²) in [4.78, 5) is 28.6. The van der Waals surface area contributed by atoms with Crippen molar-refractivity contribution < 1.29 is 4.92 Å². The number of nitrogens with zero attached hydrogens (tertiary/aromatic N) is 5. The van der Waals surface area contributed by atoms with Crippen LogP contribution in [0.3, 0.4) is 0 Å². The number of nitro benzene ring substituents is 1. The molecule has 172 valence electrons. The predicted molar refractivity (Wildman–Crippen MR) is 135 cm³/mol. The van der Waals surface area contributed by atoms with Gasteiger partial charge in [0.1, 0.15) is 0 Å². The Morgan fingerprint density at radius 1 is 0.943 bits per heavy atom. The summed E-state index contributed by atoms with van der Waals surface area (Å²) in [6, 6.07) is 23.0. The molecule has 2 aromatic heterocycles. The van der Waals surface area contributed by atoms with Gasteiger partial charge in [-0.3, -0.25) is 20.0 Å². The van der Waals surface area contributed by atoms with E-state index < -0.39 is 10.5 Å². The third kappa shape index (κ3) is 4.42. The van der Waals surface area contributed by atoms with Gasteiger partial charge in [-0.1, -0.05) is 48.5 Å². The fourth-order valence-corrected chi connectivity index (χ4v) is 4.29. The van der Waals surface area contributed by atoms with Gasteiger partial charge in [0.2, 0.25) is 5.13 Å². The van der Waals surface area contributed by atoms with E-state index in [-0.39, 0.29) is 11.4 Å². The van der Waals surface area contributed by atoms with E-state index in [1.165, 1.54) is 28.2 Å². The average molecular weight is 483 g/mol. The molecule has 0 bridgehead atoms. The molecule has 0 unspecified atom stereocenters. The van der Waals surface area contributed by atoms with E-state index in [4.69, 9.17) is 0 Å². The monoisotopic (exact) mass is 482 g/mol. The lowest BCUT2D eigenvalue weighted by Gasteiger charge is -2.00. The number of H-pyrrole nitrogens is 1. The first-order chi connectivity index (χ1) is 17.0. The zero-order valence-electron chi connectivity index (χ0n) is 18.5. The predicted octanol–water partition coefficient (Wildman–Crippen LogP) is 6.59. The smallest absolute Gasteiger partial charge is 0.286 e. The van der Waals surface area contributed by atoms with Crippen LogP contribution in [0, 0.1) is 17.0 Å². The fraction of sp³-hybridized carbons (Fsp3) is 0.0400. The molecular weight excluding hydrogens is 464 g/mol. The average Bonchev–Trinajstić information content (AvgIpc) is 3.49. The van der Waals surface area contributed by atoms with Crippen LogP contribution in [0.2, 0.25) is 0 Å². The normalized spacial score (nSPS) is 11.2. The number of thiazole rings is 1. The number of aromatic amines is 1. The molecule has 0 saturated heterocycles. The molecule has 1 N–H and O–H groups in total. The van der Waals surface area contributed by atoms with Gasteiger partial charge >= 0.3 is 5.56 Å². The van der Waals surface area contributed by atoms with Gasteiger partial charge < -0.3 is 0 Å². The molecule has 0 atom stereocenters. The third-order valence-electron chi connectivity index (χ3n) is 5.36. The van der Waals surface area contributed by atoms with Crippen molar-refractivity contribution in [3.8, 4) is 27.6 Å². The van der Waals surface area contributed by atoms with Crippen molar-refractivity contribution in [2.75, 3.05) is 0 Å². The SMILES string of the molecule is Cc1ccccc1N=Nc1c(-c2ccc([N+](=O)[O-])cc2)[nH]n(-c2nc(-c3ccccc3)cs2)c1=O. The largest absolute Gasteiger partial charge is 0.301 e. The van der Waals surface area contributed by atoms with E-state index in [2.05, 4.69) is 20.3 Å². The van der Waals surface area contributed by atoms with Crippen LogP contribution in [-0.4, -0.2) is 19.7 Å². The lowest BCUT2D eigenvalue weighted by Crippen LogP contribution is -2.13. The van der Waals surface area contributed by atoms with Crippen molar-refractivity contribution in [3.63, 3.8) is 0 Å². The number of benzene rings is 3. The van der Waals surface area contributed by atoms with Gasteiger partial charge in [-0.25, -0.2) is 4.98 Å². The van der Waals surface area contributed by atoms with E-state index in [9.17, 15) is 14.9 Å². The van der Waals surface area contributed by atoms with Crippen LogP contribution in [0.25, 0.3) is 27.6 Å². The summed E-state index contributed by atoms with van der Waals surface area (Å²) < 4.78 is 1.32. The highest BCUT2D eigenvalue weighted by molar-refractivity contribution is 7.12. The second kappa shape index (κ2) is 9.27. The fourth-order valence-electron chi connectivity index (χ4n) is 3.49. The number of azo groups is 1. The zero-order valence-corrected chi connectivity index (χ0v) is 19.3. The van der Waals surface area contributed by atoms with Crippen LogP contribution in [0.4, 0.5) is 17.1 Å². The molecule has 2 heterocycles. The molecular formula is C25H18N6O3S. The molecule has 5 aromatic rings. The number of hydrogen-bond acceptors (Lipinski definition) is 7. The summed E-state index contributed by atoms with van der Waals surface area (Å²) >= 11 is 1.31. The van der Waals surface area contributed by atoms with Crippen LogP contribution >= 0.6 is 11.3 Å². The lowest BCUT2D eigenvalue weighted by atomic mass is 10.1. The molecule has 0 aliphatic carbocycles. The first-order valence-electron chi connectivity index (χ1n) is 10.6. The quantitative estimate of drug-likeness (QED) is 0.167. The van der Waals surface area contributed by atoms with Gasteiger partial charge in [-0.2, -0.15) is 9.80 Å². The topological polar surface area (TPSA) is 119 Å². The number of aromatic nitrogens is 3. The number of nitrogens with one attached hydrogen (secondary N) is 1. The van der Waals surface area contributed by atoms with Crippen LogP contribution in [-0.2, 0) is 0 Å². The van der Waals surface area contributed by atoms with Gasteiger partial charge in [0.25, 0.3) is 5.69 Å². The Hall–Kier alpha value is -4.70. The Balaban J connectivity index is 1.62. The summed E-state index contributed by atoms with van der Waals surface area (Å²) in [6.45, 7) is 1.90. The summed E-state index contributed by atoms with van der Waals surface area (Å²) in [6.07, 6.45) is 0. The van der Waals surface area contributed by atoms with Crippen molar-refractivity contribution in [2.45, 2.75) is 6.92 Å². The van der Waals surface area contributed by atoms with Gasteiger partial charge in [-0.15, -0.1) is 16.5 Å². The molecule has 0 fully saturated rings. The number of non-ortho nitro benzene ring substituents is 1. The van der Waals surface area contributed by atoms with E-state index >= 15 is 0 Å². The van der Waals surface area contributed by atoms with Crippen molar-refractivity contribution in [2.24, 2.45) is 10.2 Å². The summed E-state index contributed by atoms with van der Waals surface area (Å²) in [5.74, 6) is 0. The molecule has 10 heteroatoms. The number of aryl methyl sites for hydroxylation is 1. The molecule has 0 amide bonds. The molecule has 0 spiro atoms. The molecule has 0 aliphatic rings. The van der Waals surface area contributed by atoms with Crippen LogP contribution < -0.4 is 5.56 Å². The number of nitro groups is 1. The Labute approximate surface area is 203 Å². The first kappa shape index (κ1) is 22.1. The highest BCUT2D eigenvalue weighted by atomic mass is 32.1.